The average Bonchev–Trinajstić information content (AvgIpc) is 2.90. The minimum Gasteiger partial charge on any atom is -0.497 e. The zero-order valence-electron chi connectivity index (χ0n) is 21.2. The van der Waals surface area contributed by atoms with E-state index >= 15 is 0 Å². The van der Waals surface area contributed by atoms with E-state index in [1.807, 2.05) is 12.1 Å². The molecule has 1 aliphatic rings. The first-order valence-electron chi connectivity index (χ1n) is 12.4. The van der Waals surface area contributed by atoms with Crippen molar-refractivity contribution in [1.29, 1.82) is 0 Å². The lowest BCUT2D eigenvalue weighted by Gasteiger charge is -2.49. The summed E-state index contributed by atoms with van der Waals surface area (Å²) in [4.78, 5) is 30.2. The van der Waals surface area contributed by atoms with Crippen LogP contribution in [0.5, 0.6) is 5.75 Å². The molecule has 184 valence electrons. The van der Waals surface area contributed by atoms with E-state index in [1.165, 1.54) is 10.1 Å². The third-order valence-electron chi connectivity index (χ3n) is 7.28. The van der Waals surface area contributed by atoms with E-state index in [9.17, 15) is 4.79 Å². The minimum absolute atomic E-state index is 0.173. The number of hydrogen-bond donors (Lipinski definition) is 0. The number of aromatic nitrogens is 3. The summed E-state index contributed by atoms with van der Waals surface area (Å²) in [5.41, 5.74) is 2.29. The van der Waals surface area contributed by atoms with Gasteiger partial charge in [-0.1, -0.05) is 39.5 Å². The van der Waals surface area contributed by atoms with Gasteiger partial charge >= 0.3 is 5.69 Å². The molecule has 8 nitrogen and oxygen atoms in total. The monoisotopic (exact) mass is 474 g/mol. The molecular weight excluding hydrogens is 440 g/mol. The van der Waals surface area contributed by atoms with E-state index in [0.29, 0.717) is 28.7 Å². The molecule has 0 spiro atoms. The highest BCUT2D eigenvalue weighted by atomic mass is 16.5. The highest BCUT2D eigenvalue weighted by Crippen LogP contribution is 2.35. The number of fused-ring (bicyclic) bond motifs is 1. The Morgan fingerprint density at radius 2 is 1.77 bits per heavy atom. The van der Waals surface area contributed by atoms with E-state index < -0.39 is 0 Å². The second kappa shape index (κ2) is 10.4. The van der Waals surface area contributed by atoms with Gasteiger partial charge in [-0.15, -0.1) is 4.98 Å². The van der Waals surface area contributed by atoms with Crippen LogP contribution in [0.3, 0.4) is 0 Å². The van der Waals surface area contributed by atoms with E-state index in [2.05, 4.69) is 57.5 Å². The van der Waals surface area contributed by atoms with Crippen molar-refractivity contribution < 1.29 is 4.74 Å². The average molecular weight is 475 g/mol. The Hall–Kier alpha value is -3.44. The highest BCUT2D eigenvalue weighted by molar-refractivity contribution is 5.87. The van der Waals surface area contributed by atoms with Gasteiger partial charge in [0.15, 0.2) is 5.82 Å². The summed E-state index contributed by atoms with van der Waals surface area (Å²) in [5.74, 6) is 1.77. The quantitative estimate of drug-likeness (QED) is 0.462. The maximum Gasteiger partial charge on any atom is 0.350 e. The summed E-state index contributed by atoms with van der Waals surface area (Å²) in [7, 11) is 3.39. The van der Waals surface area contributed by atoms with Gasteiger partial charge in [-0.25, -0.2) is 4.79 Å². The van der Waals surface area contributed by atoms with E-state index in [-0.39, 0.29) is 17.8 Å². The molecule has 1 aromatic carbocycles. The van der Waals surface area contributed by atoms with Crippen LogP contribution < -0.4 is 15.3 Å². The normalized spacial score (nSPS) is 19.5. The third kappa shape index (κ3) is 4.61. The molecule has 0 saturated carbocycles. The van der Waals surface area contributed by atoms with Gasteiger partial charge in [0.05, 0.1) is 12.6 Å². The van der Waals surface area contributed by atoms with Crippen molar-refractivity contribution in [3.05, 3.63) is 63.9 Å². The number of rotatable bonds is 7. The van der Waals surface area contributed by atoms with Gasteiger partial charge < -0.3 is 14.5 Å². The van der Waals surface area contributed by atoms with Gasteiger partial charge in [-0.3, -0.25) is 9.47 Å². The molecule has 1 fully saturated rings. The molecule has 0 radical (unpaired) electrons. The highest BCUT2D eigenvalue weighted by Gasteiger charge is 2.38. The molecule has 1 saturated heterocycles. The lowest BCUT2D eigenvalue weighted by Crippen LogP contribution is -2.59. The molecule has 1 aliphatic heterocycles. The maximum atomic E-state index is 12.8. The zero-order chi connectivity index (χ0) is 25.1. The third-order valence-corrected chi connectivity index (χ3v) is 7.28. The molecule has 3 heterocycles. The lowest BCUT2D eigenvalue weighted by atomic mass is 9.95. The topological polar surface area (TPSA) is 67.9 Å². The molecule has 0 aliphatic carbocycles. The van der Waals surface area contributed by atoms with Gasteiger partial charge in [-0.05, 0) is 49.1 Å². The van der Waals surface area contributed by atoms with Crippen LogP contribution in [0.2, 0.25) is 0 Å². The van der Waals surface area contributed by atoms with Crippen LogP contribution in [0.25, 0.3) is 15.9 Å². The summed E-state index contributed by atoms with van der Waals surface area (Å²) in [6.07, 6.45) is 2.89. The second-order valence-electron chi connectivity index (χ2n) is 9.10. The number of anilines is 1. The predicted molar refractivity (Wildman–Crippen MR) is 139 cm³/mol. The van der Waals surface area contributed by atoms with Crippen LogP contribution in [-0.4, -0.2) is 51.7 Å². The van der Waals surface area contributed by atoms with Crippen molar-refractivity contribution in [2.45, 2.75) is 58.2 Å². The Morgan fingerprint density at radius 1 is 1.06 bits per heavy atom. The first kappa shape index (κ1) is 24.7. The summed E-state index contributed by atoms with van der Waals surface area (Å²) in [5, 5.41) is 0. The number of nitrogens with zero attached hydrogens (tertiary/aromatic N) is 6. The predicted octanol–water partition coefficient (Wildman–Crippen LogP) is 4.72. The van der Waals surface area contributed by atoms with Gasteiger partial charge in [-0.2, -0.15) is 4.98 Å². The number of benzene rings is 1. The Kier molecular flexibility index (Phi) is 7.37. The Bertz CT molecular complexity index is 1280. The molecule has 0 N–H and O–H groups in total. The number of piperazine rings is 1. The molecule has 4 rings (SSSR count). The fourth-order valence-corrected chi connectivity index (χ4v) is 5.27. The smallest absolute Gasteiger partial charge is 0.350 e. The molecule has 8 heteroatoms. The van der Waals surface area contributed by atoms with E-state index in [1.54, 1.807) is 26.3 Å². The lowest BCUT2D eigenvalue weighted by molar-refractivity contribution is 0.0895. The number of hydrogen-bond acceptors (Lipinski definition) is 6. The Labute approximate surface area is 207 Å². The van der Waals surface area contributed by atoms with Crippen LogP contribution in [-0.2, 0) is 7.05 Å². The van der Waals surface area contributed by atoms with Crippen LogP contribution >= 0.6 is 0 Å². The van der Waals surface area contributed by atoms with Crippen molar-refractivity contribution >= 4 is 22.7 Å². The van der Waals surface area contributed by atoms with E-state index in [4.69, 9.17) is 11.3 Å². The van der Waals surface area contributed by atoms with Crippen LogP contribution in [0, 0.1) is 6.57 Å². The summed E-state index contributed by atoms with van der Waals surface area (Å²) in [6.45, 7) is 15.7. The van der Waals surface area contributed by atoms with Crippen LogP contribution in [0.1, 0.15) is 51.6 Å². The summed E-state index contributed by atoms with van der Waals surface area (Å²) in [6, 6.07) is 12.6. The van der Waals surface area contributed by atoms with Gasteiger partial charge in [0, 0.05) is 38.3 Å². The number of ether oxygens (including phenoxy) is 1. The molecule has 1 unspecified atom stereocenters. The second-order valence-corrected chi connectivity index (χ2v) is 9.10. The standard InChI is InChI=1S/C27H34N6O2/c1-7-19-17-33(26-25-23(31(5)27(34)30-26)14-15-24(28-4)29-25)20(8-2)16-32(19)22(9-3)18-10-12-21(35-6)13-11-18/h10-15,19-20,22H,7-9,16-17H2,1-3,5-6H3/t19-,20+,22?/m1/s1. The molecule has 0 amide bonds. The van der Waals surface area contributed by atoms with Gasteiger partial charge in [0.2, 0.25) is 5.52 Å². The largest absolute Gasteiger partial charge is 0.497 e. The number of pyridine rings is 1. The Balaban J connectivity index is 1.75. The molecule has 2 aromatic heterocycles. The molecular formula is C27H34N6O2. The van der Waals surface area contributed by atoms with Crippen molar-refractivity contribution in [1.82, 2.24) is 19.4 Å². The van der Waals surface area contributed by atoms with Crippen LogP contribution in [0.4, 0.5) is 11.6 Å². The van der Waals surface area contributed by atoms with Crippen molar-refractivity contribution in [2.75, 3.05) is 25.1 Å². The minimum atomic E-state index is -0.306. The number of aryl methyl sites for hydroxylation is 1. The van der Waals surface area contributed by atoms with E-state index in [0.717, 1.165) is 38.1 Å². The van der Waals surface area contributed by atoms with Crippen molar-refractivity contribution in [3.63, 3.8) is 0 Å². The zero-order valence-corrected chi connectivity index (χ0v) is 21.2. The van der Waals surface area contributed by atoms with Gasteiger partial charge in [0.25, 0.3) is 5.82 Å². The molecule has 0 bridgehead atoms. The van der Waals surface area contributed by atoms with Crippen molar-refractivity contribution in [3.8, 4) is 5.75 Å². The Morgan fingerprint density at radius 3 is 2.37 bits per heavy atom. The molecule has 35 heavy (non-hydrogen) atoms. The molecule has 3 aromatic rings. The summed E-state index contributed by atoms with van der Waals surface area (Å²) >= 11 is 0. The molecule has 3 atom stereocenters. The maximum absolute atomic E-state index is 12.8. The number of methoxy groups -OCH3 is 1. The fraction of sp³-hybridized carbons (Fsp3) is 0.481. The summed E-state index contributed by atoms with van der Waals surface area (Å²) < 4.78 is 6.86. The van der Waals surface area contributed by atoms with Crippen molar-refractivity contribution in [2.24, 2.45) is 7.05 Å². The first-order chi connectivity index (χ1) is 16.9. The first-order valence-corrected chi connectivity index (χ1v) is 12.4. The SMILES string of the molecule is [C-]#[N+]c1ccc2c(n1)c(N1C[C@@H](CC)N(C(CC)c3ccc(OC)cc3)C[C@@H]1CC)nc(=O)n2C. The van der Waals surface area contributed by atoms with Gasteiger partial charge in [0.1, 0.15) is 5.75 Å². The fourth-order valence-electron chi connectivity index (χ4n) is 5.27. The van der Waals surface area contributed by atoms with Crippen LogP contribution in [0.15, 0.2) is 41.2 Å².